The minimum absolute atomic E-state index is 0.545. The van der Waals surface area contributed by atoms with Crippen molar-refractivity contribution in [3.63, 3.8) is 0 Å². The summed E-state index contributed by atoms with van der Waals surface area (Å²) in [5.41, 5.74) is 2.23. The van der Waals surface area contributed by atoms with Gasteiger partial charge in [-0.05, 0) is 26.3 Å². The molecule has 0 spiro atoms. The summed E-state index contributed by atoms with van der Waals surface area (Å²) in [5, 5.41) is 20.1. The number of nitrogens with zero attached hydrogens (tertiary/aromatic N) is 3. The van der Waals surface area contributed by atoms with Gasteiger partial charge in [0.2, 0.25) is 0 Å². The third-order valence-electron chi connectivity index (χ3n) is 2.29. The van der Waals surface area contributed by atoms with Crippen LogP contribution in [0.3, 0.4) is 0 Å². The Hall–Kier alpha value is -2.07. The fraction of sp³-hybridized carbons (Fsp3) is 0.417. The van der Waals surface area contributed by atoms with E-state index in [1.165, 1.54) is 0 Å². The summed E-state index contributed by atoms with van der Waals surface area (Å²) in [4.78, 5) is 0. The maximum atomic E-state index is 9.04. The average molecular weight is 214 g/mol. The maximum absolute atomic E-state index is 9.04. The van der Waals surface area contributed by atoms with E-state index < -0.39 is 0 Å². The van der Waals surface area contributed by atoms with Gasteiger partial charge in [-0.25, -0.2) is 0 Å². The van der Waals surface area contributed by atoms with Gasteiger partial charge in [0, 0.05) is 13.0 Å². The predicted octanol–water partition coefficient (Wildman–Crippen LogP) is 1.79. The van der Waals surface area contributed by atoms with E-state index in [0.29, 0.717) is 17.9 Å². The van der Waals surface area contributed by atoms with Gasteiger partial charge in [-0.3, -0.25) is 0 Å². The van der Waals surface area contributed by atoms with Gasteiger partial charge >= 0.3 is 0 Å². The summed E-state index contributed by atoms with van der Waals surface area (Å²) in [7, 11) is 0. The molecule has 1 rings (SSSR count). The molecule has 0 bridgehead atoms. The molecule has 82 valence electrons. The first kappa shape index (κ1) is 12.0. The number of anilines is 1. The van der Waals surface area contributed by atoms with Gasteiger partial charge in [-0.2, -0.15) is 10.4 Å². The number of aromatic nitrogens is 2. The molecular weight excluding hydrogens is 200 g/mol. The highest BCUT2D eigenvalue weighted by Crippen LogP contribution is 2.16. The second-order valence-corrected chi connectivity index (χ2v) is 3.35. The number of hydrogen-bond acceptors (Lipinski definition) is 4. The molecule has 0 aliphatic heterocycles. The van der Waals surface area contributed by atoms with Crippen molar-refractivity contribution in [2.24, 2.45) is 0 Å². The minimum atomic E-state index is 0.545. The molecule has 0 saturated carbocycles. The summed E-state index contributed by atoms with van der Waals surface area (Å²) in [6.07, 6.45) is 0.732. The maximum Gasteiger partial charge on any atom is 0.166 e. The van der Waals surface area contributed by atoms with E-state index in [1.54, 1.807) is 6.92 Å². The van der Waals surface area contributed by atoms with Crippen molar-refractivity contribution < 1.29 is 0 Å². The Morgan fingerprint density at radius 2 is 2.06 bits per heavy atom. The minimum Gasteiger partial charge on any atom is -0.367 e. The van der Waals surface area contributed by atoms with Crippen molar-refractivity contribution in [1.82, 2.24) is 10.2 Å². The first-order valence-electron chi connectivity index (χ1n) is 5.08. The van der Waals surface area contributed by atoms with E-state index in [-0.39, 0.29) is 0 Å². The summed E-state index contributed by atoms with van der Waals surface area (Å²) < 4.78 is 0. The fourth-order valence-electron chi connectivity index (χ4n) is 1.24. The number of nitriles is 1. The lowest BCUT2D eigenvalue weighted by Crippen LogP contribution is -2.08. The Balaban J connectivity index is 2.84. The zero-order valence-electron chi connectivity index (χ0n) is 9.76. The third-order valence-corrected chi connectivity index (χ3v) is 2.29. The molecule has 0 radical (unpaired) electrons. The predicted molar refractivity (Wildman–Crippen MR) is 62.8 cm³/mol. The topological polar surface area (TPSA) is 61.6 Å². The highest BCUT2D eigenvalue weighted by atomic mass is 15.2. The smallest absolute Gasteiger partial charge is 0.166 e. The summed E-state index contributed by atoms with van der Waals surface area (Å²) in [6, 6.07) is 2.14. The van der Waals surface area contributed by atoms with E-state index >= 15 is 0 Å². The Kier molecular flexibility index (Phi) is 4.29. The second-order valence-electron chi connectivity index (χ2n) is 3.35. The molecule has 0 saturated heterocycles. The molecule has 0 unspecified atom stereocenters. The van der Waals surface area contributed by atoms with Gasteiger partial charge in [-0.1, -0.05) is 0 Å². The molecule has 0 amide bonds. The lowest BCUT2D eigenvalue weighted by atomic mass is 10.1. The first-order chi connectivity index (χ1) is 7.70. The van der Waals surface area contributed by atoms with Gasteiger partial charge in [0.05, 0.1) is 5.69 Å². The normalized spacial score (nSPS) is 8.88. The van der Waals surface area contributed by atoms with Crippen LogP contribution in [0.25, 0.3) is 0 Å². The highest BCUT2D eigenvalue weighted by Gasteiger charge is 2.09. The van der Waals surface area contributed by atoms with Gasteiger partial charge in [-0.15, -0.1) is 16.9 Å². The first-order valence-corrected chi connectivity index (χ1v) is 5.08. The van der Waals surface area contributed by atoms with E-state index in [2.05, 4.69) is 33.4 Å². The van der Waals surface area contributed by atoms with E-state index in [4.69, 9.17) is 5.26 Å². The van der Waals surface area contributed by atoms with Crippen LogP contribution in [0, 0.1) is 37.0 Å². The van der Waals surface area contributed by atoms with Crippen LogP contribution >= 0.6 is 0 Å². The number of rotatable bonds is 3. The third kappa shape index (κ3) is 2.71. The number of aryl methyl sites for hydroxylation is 1. The standard InChI is InChI=1S/C12H14N4/c1-4-5-6-7-14-12-11(8-13)9(2)10(3)15-16-12/h6-7H2,1-3H3,(H,14,16). The number of hydrogen-bond donors (Lipinski definition) is 1. The average Bonchev–Trinajstić information content (AvgIpc) is 2.29. The molecule has 4 heteroatoms. The molecule has 4 nitrogen and oxygen atoms in total. The highest BCUT2D eigenvalue weighted by molar-refractivity contribution is 5.55. The van der Waals surface area contributed by atoms with Crippen molar-refractivity contribution in [2.75, 3.05) is 11.9 Å². The van der Waals surface area contributed by atoms with Crippen molar-refractivity contribution in [1.29, 1.82) is 5.26 Å². The van der Waals surface area contributed by atoms with Crippen LogP contribution in [0.4, 0.5) is 5.82 Å². The zero-order valence-corrected chi connectivity index (χ0v) is 9.76. The molecule has 1 N–H and O–H groups in total. The lowest BCUT2D eigenvalue weighted by molar-refractivity contribution is 0.938. The molecule has 1 heterocycles. The Morgan fingerprint density at radius 1 is 1.31 bits per heavy atom. The van der Waals surface area contributed by atoms with E-state index in [0.717, 1.165) is 17.7 Å². The summed E-state index contributed by atoms with van der Waals surface area (Å²) in [6.45, 7) is 6.19. The quantitative estimate of drug-likeness (QED) is 0.615. The lowest BCUT2D eigenvalue weighted by Gasteiger charge is -2.07. The van der Waals surface area contributed by atoms with Crippen LogP contribution in [-0.2, 0) is 0 Å². The van der Waals surface area contributed by atoms with E-state index in [1.807, 2.05) is 13.8 Å². The Morgan fingerprint density at radius 3 is 2.69 bits per heavy atom. The number of nitrogens with one attached hydrogen (secondary N) is 1. The van der Waals surface area contributed by atoms with Crippen LogP contribution < -0.4 is 5.32 Å². The molecule has 0 aliphatic carbocycles. The van der Waals surface area contributed by atoms with Crippen molar-refractivity contribution >= 4 is 5.82 Å². The molecule has 1 aromatic heterocycles. The molecule has 1 aromatic rings. The second kappa shape index (κ2) is 5.72. The molecular formula is C12H14N4. The van der Waals surface area contributed by atoms with Gasteiger partial charge in [0.1, 0.15) is 11.6 Å². The van der Waals surface area contributed by atoms with Gasteiger partial charge in [0.25, 0.3) is 0 Å². The summed E-state index contributed by atoms with van der Waals surface area (Å²) in [5.74, 6) is 6.30. The molecule has 0 aromatic carbocycles. The Bertz CT molecular complexity index is 474. The molecule has 0 fully saturated rings. The van der Waals surface area contributed by atoms with Crippen LogP contribution in [-0.4, -0.2) is 16.7 Å². The van der Waals surface area contributed by atoms with Crippen LogP contribution in [0.5, 0.6) is 0 Å². The van der Waals surface area contributed by atoms with Crippen molar-refractivity contribution in [2.45, 2.75) is 27.2 Å². The van der Waals surface area contributed by atoms with E-state index in [9.17, 15) is 0 Å². The molecule has 0 aliphatic rings. The van der Waals surface area contributed by atoms with Gasteiger partial charge < -0.3 is 5.32 Å². The largest absolute Gasteiger partial charge is 0.367 e. The monoisotopic (exact) mass is 214 g/mol. The van der Waals surface area contributed by atoms with Crippen LogP contribution in [0.2, 0.25) is 0 Å². The fourth-order valence-corrected chi connectivity index (χ4v) is 1.24. The van der Waals surface area contributed by atoms with Crippen LogP contribution in [0.15, 0.2) is 0 Å². The summed E-state index contributed by atoms with van der Waals surface area (Å²) >= 11 is 0. The molecule has 16 heavy (non-hydrogen) atoms. The van der Waals surface area contributed by atoms with Crippen molar-refractivity contribution in [3.05, 3.63) is 16.8 Å². The SMILES string of the molecule is CC#CCCNc1nnc(C)c(C)c1C#N. The van der Waals surface area contributed by atoms with Crippen molar-refractivity contribution in [3.8, 4) is 17.9 Å². The van der Waals surface area contributed by atoms with Crippen LogP contribution in [0.1, 0.15) is 30.2 Å². The van der Waals surface area contributed by atoms with Gasteiger partial charge in [0.15, 0.2) is 5.82 Å². The molecule has 0 atom stereocenters. The Labute approximate surface area is 95.7 Å². The zero-order chi connectivity index (χ0) is 12.0.